The van der Waals surface area contributed by atoms with Crippen LogP contribution >= 0.6 is 0 Å². The molecule has 1 saturated heterocycles. The second-order valence-electron chi connectivity index (χ2n) is 4.05. The van der Waals surface area contributed by atoms with Gasteiger partial charge in [0.05, 0.1) is 13.0 Å². The van der Waals surface area contributed by atoms with Crippen molar-refractivity contribution in [2.24, 2.45) is 5.92 Å². The van der Waals surface area contributed by atoms with Gasteiger partial charge in [-0.05, 0) is 37.6 Å². The highest BCUT2D eigenvalue weighted by Gasteiger charge is 2.41. The molecule has 1 unspecified atom stereocenters. The summed E-state index contributed by atoms with van der Waals surface area (Å²) < 4.78 is 5.10. The molecule has 0 bridgehead atoms. The minimum absolute atomic E-state index is 0.0714. The molecule has 0 spiro atoms. The molecule has 2 rings (SSSR count). The Bertz CT molecular complexity index is 448. The van der Waals surface area contributed by atoms with Gasteiger partial charge in [0.1, 0.15) is 5.75 Å². The lowest BCUT2D eigenvalue weighted by atomic mass is 9.89. The average molecular weight is 231 g/mol. The number of methoxy groups -OCH3 is 1. The number of benzene rings is 1. The number of amides is 1. The Morgan fingerprint density at radius 3 is 2.47 bits per heavy atom. The van der Waals surface area contributed by atoms with Crippen molar-refractivity contribution in [2.75, 3.05) is 12.0 Å². The third-order valence-corrected chi connectivity index (χ3v) is 3.17. The Hall–Kier alpha value is -1.77. The lowest BCUT2D eigenvalue weighted by Gasteiger charge is -2.41. The van der Waals surface area contributed by atoms with Gasteiger partial charge >= 0.3 is 0 Å². The zero-order chi connectivity index (χ0) is 12.4. The summed E-state index contributed by atoms with van der Waals surface area (Å²) in [5.41, 5.74) is 2.01. The predicted molar refractivity (Wildman–Crippen MR) is 68.0 cm³/mol. The number of hydrogen-bond donors (Lipinski definition) is 0. The maximum Gasteiger partial charge on any atom is 0.240 e. The smallest absolute Gasteiger partial charge is 0.240 e. The maximum atomic E-state index is 12.0. The van der Waals surface area contributed by atoms with Gasteiger partial charge in [0.25, 0.3) is 0 Å². The highest BCUT2D eigenvalue weighted by atomic mass is 16.5. The number of carbonyl (C=O) groups excluding carboxylic acids is 1. The standard InChI is InChI=1S/C14H17NO2/c1-4-12-13(5-2)15(14(12)16)10-6-8-11(17-3)9-7-10/h5-9,12H,4H2,1-3H3/b13-5-. The normalized spacial score (nSPS) is 21.6. The molecule has 3 nitrogen and oxygen atoms in total. The molecular weight excluding hydrogens is 214 g/mol. The molecule has 1 aliphatic rings. The zero-order valence-electron chi connectivity index (χ0n) is 10.4. The number of allylic oxidation sites excluding steroid dienone is 1. The number of ether oxygens (including phenoxy) is 1. The van der Waals surface area contributed by atoms with Crippen molar-refractivity contribution in [1.29, 1.82) is 0 Å². The first-order valence-corrected chi connectivity index (χ1v) is 5.87. The molecule has 1 heterocycles. The highest BCUT2D eigenvalue weighted by molar-refractivity contribution is 6.07. The number of rotatable bonds is 3. The average Bonchev–Trinajstić information content (AvgIpc) is 2.37. The fourth-order valence-electron chi connectivity index (χ4n) is 2.22. The third-order valence-electron chi connectivity index (χ3n) is 3.17. The van der Waals surface area contributed by atoms with E-state index in [2.05, 4.69) is 0 Å². The van der Waals surface area contributed by atoms with E-state index in [1.165, 1.54) is 0 Å². The summed E-state index contributed by atoms with van der Waals surface area (Å²) in [5, 5.41) is 0. The van der Waals surface area contributed by atoms with Crippen molar-refractivity contribution >= 4 is 11.6 Å². The van der Waals surface area contributed by atoms with E-state index in [0.717, 1.165) is 23.6 Å². The predicted octanol–water partition coefficient (Wildman–Crippen LogP) is 2.97. The van der Waals surface area contributed by atoms with E-state index in [4.69, 9.17) is 4.74 Å². The lowest BCUT2D eigenvalue weighted by Crippen LogP contribution is -2.50. The van der Waals surface area contributed by atoms with Crippen LogP contribution in [-0.4, -0.2) is 13.0 Å². The Morgan fingerprint density at radius 1 is 1.35 bits per heavy atom. The van der Waals surface area contributed by atoms with Gasteiger partial charge in [-0.1, -0.05) is 13.0 Å². The topological polar surface area (TPSA) is 29.5 Å². The molecule has 1 aromatic rings. The summed E-state index contributed by atoms with van der Waals surface area (Å²) in [6, 6.07) is 7.56. The van der Waals surface area contributed by atoms with E-state index in [1.807, 2.05) is 44.2 Å². The third kappa shape index (κ3) is 1.82. The minimum Gasteiger partial charge on any atom is -0.497 e. The van der Waals surface area contributed by atoms with Crippen LogP contribution < -0.4 is 9.64 Å². The van der Waals surface area contributed by atoms with Gasteiger partial charge < -0.3 is 4.74 Å². The summed E-state index contributed by atoms with van der Waals surface area (Å²) in [4.78, 5) is 13.7. The molecule has 17 heavy (non-hydrogen) atoms. The van der Waals surface area contributed by atoms with Gasteiger partial charge in [-0.3, -0.25) is 9.69 Å². The van der Waals surface area contributed by atoms with Gasteiger partial charge in [-0.15, -0.1) is 0 Å². The van der Waals surface area contributed by atoms with Crippen LogP contribution in [0.15, 0.2) is 36.0 Å². The van der Waals surface area contributed by atoms with Crippen molar-refractivity contribution in [3.8, 4) is 5.75 Å². The molecule has 0 radical (unpaired) electrons. The van der Waals surface area contributed by atoms with Crippen LogP contribution in [0.3, 0.4) is 0 Å². The first-order chi connectivity index (χ1) is 8.22. The molecular formula is C14H17NO2. The molecule has 0 aliphatic carbocycles. The molecule has 0 saturated carbocycles. The van der Waals surface area contributed by atoms with E-state index < -0.39 is 0 Å². The van der Waals surface area contributed by atoms with Crippen molar-refractivity contribution in [2.45, 2.75) is 20.3 Å². The largest absolute Gasteiger partial charge is 0.497 e. The van der Waals surface area contributed by atoms with Crippen molar-refractivity contribution in [1.82, 2.24) is 0 Å². The fourth-order valence-corrected chi connectivity index (χ4v) is 2.22. The molecule has 0 N–H and O–H groups in total. The van der Waals surface area contributed by atoms with Crippen molar-refractivity contribution < 1.29 is 9.53 Å². The summed E-state index contributed by atoms with van der Waals surface area (Å²) >= 11 is 0. The highest BCUT2D eigenvalue weighted by Crippen LogP contribution is 2.37. The van der Waals surface area contributed by atoms with Crippen LogP contribution in [0.25, 0.3) is 0 Å². The Balaban J connectivity index is 2.25. The summed E-state index contributed by atoms with van der Waals surface area (Å²) in [6.45, 7) is 4.01. The van der Waals surface area contributed by atoms with Crippen LogP contribution in [-0.2, 0) is 4.79 Å². The van der Waals surface area contributed by atoms with Crippen LogP contribution in [0.2, 0.25) is 0 Å². The lowest BCUT2D eigenvalue weighted by molar-refractivity contribution is -0.124. The first kappa shape index (κ1) is 11.7. The number of β-lactam (4-membered cyclic amide) rings is 1. The van der Waals surface area contributed by atoms with E-state index in [9.17, 15) is 4.79 Å². The van der Waals surface area contributed by atoms with Crippen LogP contribution in [0.4, 0.5) is 5.69 Å². The Labute approximate surface area is 102 Å². The number of hydrogen-bond acceptors (Lipinski definition) is 2. The van der Waals surface area contributed by atoms with Gasteiger partial charge in [0.2, 0.25) is 5.91 Å². The van der Waals surface area contributed by atoms with E-state index in [-0.39, 0.29) is 11.8 Å². The van der Waals surface area contributed by atoms with Crippen LogP contribution in [0.5, 0.6) is 5.75 Å². The zero-order valence-corrected chi connectivity index (χ0v) is 10.4. The van der Waals surface area contributed by atoms with E-state index >= 15 is 0 Å². The molecule has 3 heteroatoms. The SMILES string of the molecule is C/C=C1/C(CC)C(=O)N1c1ccc(OC)cc1. The Kier molecular flexibility index (Phi) is 3.18. The molecule has 90 valence electrons. The molecule has 1 atom stereocenters. The van der Waals surface area contributed by atoms with E-state index in [1.54, 1.807) is 12.0 Å². The number of anilines is 1. The molecule has 1 fully saturated rings. The van der Waals surface area contributed by atoms with Gasteiger partial charge in [-0.2, -0.15) is 0 Å². The second-order valence-corrected chi connectivity index (χ2v) is 4.05. The van der Waals surface area contributed by atoms with Gasteiger partial charge in [0.15, 0.2) is 0 Å². The van der Waals surface area contributed by atoms with E-state index in [0.29, 0.717) is 0 Å². The van der Waals surface area contributed by atoms with Crippen molar-refractivity contribution in [3.63, 3.8) is 0 Å². The maximum absolute atomic E-state index is 12.0. The summed E-state index contributed by atoms with van der Waals surface area (Å²) in [7, 11) is 1.63. The second kappa shape index (κ2) is 4.62. The monoisotopic (exact) mass is 231 g/mol. The van der Waals surface area contributed by atoms with Crippen LogP contribution in [0.1, 0.15) is 20.3 Å². The molecule has 1 aliphatic heterocycles. The summed E-state index contributed by atoms with van der Waals surface area (Å²) in [6.07, 6.45) is 2.88. The van der Waals surface area contributed by atoms with Crippen molar-refractivity contribution in [3.05, 3.63) is 36.0 Å². The molecule has 1 amide bonds. The Morgan fingerprint density at radius 2 is 2.00 bits per heavy atom. The van der Waals surface area contributed by atoms with Gasteiger partial charge in [0, 0.05) is 11.4 Å². The fraction of sp³-hybridized carbons (Fsp3) is 0.357. The van der Waals surface area contributed by atoms with Gasteiger partial charge in [-0.25, -0.2) is 0 Å². The number of nitrogens with zero attached hydrogens (tertiary/aromatic N) is 1. The summed E-state index contributed by atoms with van der Waals surface area (Å²) in [5.74, 6) is 1.06. The molecule has 1 aromatic carbocycles. The quantitative estimate of drug-likeness (QED) is 0.748. The molecule has 0 aromatic heterocycles. The minimum atomic E-state index is 0.0714. The van der Waals surface area contributed by atoms with Crippen LogP contribution in [0, 0.1) is 5.92 Å². The number of carbonyl (C=O) groups is 1. The first-order valence-electron chi connectivity index (χ1n) is 5.87.